The zero-order chi connectivity index (χ0) is 23.5. The number of carbonyl (C=O) groups is 1. The van der Waals surface area contributed by atoms with E-state index in [1.54, 1.807) is 0 Å². The Hall–Kier alpha value is -2.66. The van der Waals surface area contributed by atoms with Crippen LogP contribution >= 0.6 is 0 Å². The molecule has 0 radical (unpaired) electrons. The Bertz CT molecular complexity index is 1060. The Kier molecular flexibility index (Phi) is 7.09. The lowest BCUT2D eigenvalue weighted by atomic mass is 10.0. The van der Waals surface area contributed by atoms with Crippen molar-refractivity contribution in [1.29, 1.82) is 0 Å². The van der Waals surface area contributed by atoms with E-state index in [-0.39, 0.29) is 16.3 Å². The van der Waals surface area contributed by atoms with Crippen molar-refractivity contribution >= 4 is 21.6 Å². The number of amides is 1. The second-order valence-corrected chi connectivity index (χ2v) is 9.53. The predicted molar refractivity (Wildman–Crippen MR) is 109 cm³/mol. The molecule has 0 bridgehead atoms. The summed E-state index contributed by atoms with van der Waals surface area (Å²) in [5.41, 5.74) is -1.72. The number of anilines is 1. The minimum atomic E-state index is -4.89. The average molecular weight is 474 g/mol. The average Bonchev–Trinajstić information content (AvgIpc) is 2.73. The fourth-order valence-electron chi connectivity index (χ4n) is 3.25. The first-order chi connectivity index (χ1) is 15.0. The van der Waals surface area contributed by atoms with Crippen LogP contribution in [0.3, 0.4) is 0 Å². The molecule has 174 valence electrons. The van der Waals surface area contributed by atoms with Crippen LogP contribution in [-0.2, 0) is 21.0 Å². The maximum Gasteiger partial charge on any atom is 0.419 e. The van der Waals surface area contributed by atoms with Crippen LogP contribution in [0.4, 0.5) is 23.2 Å². The number of piperidine rings is 1. The van der Waals surface area contributed by atoms with Crippen molar-refractivity contribution in [2.24, 2.45) is 5.92 Å². The van der Waals surface area contributed by atoms with Crippen molar-refractivity contribution in [2.75, 3.05) is 25.0 Å². The Morgan fingerprint density at radius 1 is 1.12 bits per heavy atom. The van der Waals surface area contributed by atoms with Crippen molar-refractivity contribution < 1.29 is 35.5 Å². The summed E-state index contributed by atoms with van der Waals surface area (Å²) in [7, 11) is -3.62. The molecule has 11 heteroatoms. The van der Waals surface area contributed by atoms with E-state index in [9.17, 15) is 30.8 Å². The molecule has 1 heterocycles. The van der Waals surface area contributed by atoms with Crippen molar-refractivity contribution in [2.45, 2.75) is 30.8 Å². The number of nitrogens with one attached hydrogen (secondary N) is 1. The Balaban J connectivity index is 1.58. The smallest absolute Gasteiger partial charge is 0.419 e. The fourth-order valence-corrected chi connectivity index (χ4v) is 4.72. The van der Waals surface area contributed by atoms with E-state index >= 15 is 0 Å². The standard InChI is InChI=1S/C21H22F4N2O4S/c1-14-8-10-27(11-9-14)32(29,30)17-5-3-16(4-6-17)31-13-20(28)26-15-2-7-19(22)18(12-15)21(23,24)25/h2-7,12,14H,8-11,13H2,1H3,(H,26,28). The van der Waals surface area contributed by atoms with E-state index in [1.165, 1.54) is 28.6 Å². The topological polar surface area (TPSA) is 75.7 Å². The maximum atomic E-state index is 13.3. The summed E-state index contributed by atoms with van der Waals surface area (Å²) in [6, 6.07) is 7.64. The number of carbonyl (C=O) groups excluding carboxylic acids is 1. The van der Waals surface area contributed by atoms with Crippen LogP contribution < -0.4 is 10.1 Å². The van der Waals surface area contributed by atoms with Gasteiger partial charge in [-0.25, -0.2) is 12.8 Å². The monoisotopic (exact) mass is 474 g/mol. The fraction of sp³-hybridized carbons (Fsp3) is 0.381. The number of sulfonamides is 1. The van der Waals surface area contributed by atoms with E-state index in [1.807, 2.05) is 0 Å². The lowest BCUT2D eigenvalue weighted by molar-refractivity contribution is -0.140. The number of nitrogens with zero attached hydrogens (tertiary/aromatic N) is 1. The van der Waals surface area contributed by atoms with Gasteiger partial charge in [0.2, 0.25) is 10.0 Å². The molecule has 0 spiro atoms. The number of halogens is 4. The molecule has 0 unspecified atom stereocenters. The molecule has 2 aromatic carbocycles. The third-order valence-electron chi connectivity index (χ3n) is 5.13. The lowest BCUT2D eigenvalue weighted by Gasteiger charge is -2.29. The number of rotatable bonds is 6. The highest BCUT2D eigenvalue weighted by molar-refractivity contribution is 7.89. The summed E-state index contributed by atoms with van der Waals surface area (Å²) < 4.78 is 83.7. The van der Waals surface area contributed by atoms with Gasteiger partial charge in [0.15, 0.2) is 6.61 Å². The summed E-state index contributed by atoms with van der Waals surface area (Å²) in [5, 5.41) is 2.20. The molecule has 1 saturated heterocycles. The minimum Gasteiger partial charge on any atom is -0.484 e. The molecule has 0 aliphatic carbocycles. The molecular weight excluding hydrogens is 452 g/mol. The molecule has 0 atom stereocenters. The van der Waals surface area contributed by atoms with Crippen molar-refractivity contribution in [1.82, 2.24) is 4.31 Å². The predicted octanol–water partition coefficient (Wildman–Crippen LogP) is 4.28. The van der Waals surface area contributed by atoms with Crippen LogP contribution in [0.1, 0.15) is 25.3 Å². The van der Waals surface area contributed by atoms with Crippen LogP contribution in [0.2, 0.25) is 0 Å². The molecular formula is C21H22F4N2O4S. The summed E-state index contributed by atoms with van der Waals surface area (Å²) in [6.45, 7) is 2.47. The summed E-state index contributed by atoms with van der Waals surface area (Å²) in [4.78, 5) is 12.1. The minimum absolute atomic E-state index is 0.106. The number of ether oxygens (including phenoxy) is 1. The SMILES string of the molecule is CC1CCN(S(=O)(=O)c2ccc(OCC(=O)Nc3ccc(F)c(C(F)(F)F)c3)cc2)CC1. The van der Waals surface area contributed by atoms with Gasteiger partial charge in [-0.05, 0) is 61.2 Å². The Morgan fingerprint density at radius 2 is 1.75 bits per heavy atom. The van der Waals surface area contributed by atoms with Gasteiger partial charge in [0, 0.05) is 18.8 Å². The maximum absolute atomic E-state index is 13.3. The van der Waals surface area contributed by atoms with Crippen LogP contribution in [-0.4, -0.2) is 38.3 Å². The van der Waals surface area contributed by atoms with E-state index in [0.29, 0.717) is 31.1 Å². The molecule has 2 aromatic rings. The van der Waals surface area contributed by atoms with Gasteiger partial charge < -0.3 is 10.1 Å². The van der Waals surface area contributed by atoms with E-state index < -0.39 is 40.1 Å². The van der Waals surface area contributed by atoms with Gasteiger partial charge in [-0.1, -0.05) is 6.92 Å². The number of alkyl halides is 3. The molecule has 0 aromatic heterocycles. The van der Waals surface area contributed by atoms with Gasteiger partial charge in [-0.3, -0.25) is 4.79 Å². The van der Waals surface area contributed by atoms with Crippen LogP contribution in [0.25, 0.3) is 0 Å². The number of hydrogen-bond acceptors (Lipinski definition) is 4. The normalized spacial score (nSPS) is 16.0. The Labute approximate surface area is 183 Å². The molecule has 6 nitrogen and oxygen atoms in total. The summed E-state index contributed by atoms with van der Waals surface area (Å²) >= 11 is 0. The van der Waals surface area contributed by atoms with Gasteiger partial charge in [0.1, 0.15) is 11.6 Å². The first-order valence-corrected chi connectivity index (χ1v) is 11.3. The van der Waals surface area contributed by atoms with Crippen molar-refractivity contribution in [3.8, 4) is 5.75 Å². The van der Waals surface area contributed by atoms with Crippen LogP contribution in [0.5, 0.6) is 5.75 Å². The number of hydrogen-bond donors (Lipinski definition) is 1. The molecule has 1 aliphatic rings. The van der Waals surface area contributed by atoms with Gasteiger partial charge in [0.25, 0.3) is 5.91 Å². The molecule has 32 heavy (non-hydrogen) atoms. The molecule has 1 N–H and O–H groups in total. The summed E-state index contributed by atoms with van der Waals surface area (Å²) in [5.74, 6) is -1.51. The lowest BCUT2D eigenvalue weighted by Crippen LogP contribution is -2.37. The second-order valence-electron chi connectivity index (χ2n) is 7.59. The molecule has 1 aliphatic heterocycles. The molecule has 1 fully saturated rings. The summed E-state index contributed by atoms with van der Waals surface area (Å²) in [6.07, 6.45) is -3.29. The quantitative estimate of drug-likeness (QED) is 0.634. The number of benzene rings is 2. The van der Waals surface area contributed by atoms with Crippen molar-refractivity contribution in [3.63, 3.8) is 0 Å². The Morgan fingerprint density at radius 3 is 2.34 bits per heavy atom. The third-order valence-corrected chi connectivity index (χ3v) is 7.04. The third kappa shape index (κ3) is 5.77. The molecule has 0 saturated carbocycles. The highest BCUT2D eigenvalue weighted by atomic mass is 32.2. The molecule has 1 amide bonds. The van der Waals surface area contributed by atoms with Gasteiger partial charge in [-0.2, -0.15) is 17.5 Å². The first kappa shape index (κ1) is 24.0. The largest absolute Gasteiger partial charge is 0.484 e. The van der Waals surface area contributed by atoms with Crippen LogP contribution in [0.15, 0.2) is 47.4 Å². The second kappa shape index (κ2) is 9.45. The van der Waals surface area contributed by atoms with E-state index in [2.05, 4.69) is 12.2 Å². The van der Waals surface area contributed by atoms with Crippen molar-refractivity contribution in [3.05, 3.63) is 53.8 Å². The van der Waals surface area contributed by atoms with Crippen LogP contribution in [0, 0.1) is 11.7 Å². The van der Waals surface area contributed by atoms with E-state index in [0.717, 1.165) is 18.9 Å². The first-order valence-electron chi connectivity index (χ1n) is 9.86. The van der Waals surface area contributed by atoms with Gasteiger partial charge in [-0.15, -0.1) is 0 Å². The highest BCUT2D eigenvalue weighted by Gasteiger charge is 2.34. The van der Waals surface area contributed by atoms with Gasteiger partial charge >= 0.3 is 6.18 Å². The zero-order valence-electron chi connectivity index (χ0n) is 17.2. The van der Waals surface area contributed by atoms with Gasteiger partial charge in [0.05, 0.1) is 10.5 Å². The molecule has 3 rings (SSSR count). The van der Waals surface area contributed by atoms with E-state index in [4.69, 9.17) is 4.74 Å². The highest BCUT2D eigenvalue weighted by Crippen LogP contribution is 2.33. The zero-order valence-corrected chi connectivity index (χ0v) is 18.0.